The van der Waals surface area contributed by atoms with Crippen LogP contribution in [-0.4, -0.2) is 10.8 Å². The molecular formula is C13H7Cl3N2O3. The van der Waals surface area contributed by atoms with Gasteiger partial charge < -0.3 is 5.32 Å². The zero-order valence-corrected chi connectivity index (χ0v) is 12.5. The number of nitro groups is 1. The van der Waals surface area contributed by atoms with Crippen molar-refractivity contribution in [1.82, 2.24) is 0 Å². The van der Waals surface area contributed by atoms with Gasteiger partial charge in [-0.3, -0.25) is 14.9 Å². The molecule has 0 atom stereocenters. The second-order valence-electron chi connectivity index (χ2n) is 4.00. The second kappa shape index (κ2) is 6.30. The molecule has 2 aromatic rings. The summed E-state index contributed by atoms with van der Waals surface area (Å²) in [5.41, 5.74) is 0.251. The zero-order valence-electron chi connectivity index (χ0n) is 10.3. The molecule has 1 amide bonds. The van der Waals surface area contributed by atoms with E-state index >= 15 is 0 Å². The molecule has 1 N–H and O–H groups in total. The first-order chi connectivity index (χ1) is 9.88. The van der Waals surface area contributed by atoms with Crippen LogP contribution in [0, 0.1) is 10.1 Å². The molecule has 2 rings (SSSR count). The van der Waals surface area contributed by atoms with Crippen molar-refractivity contribution in [3.63, 3.8) is 0 Å². The highest BCUT2D eigenvalue weighted by Crippen LogP contribution is 2.28. The van der Waals surface area contributed by atoms with Crippen molar-refractivity contribution < 1.29 is 9.72 Å². The topological polar surface area (TPSA) is 72.2 Å². The van der Waals surface area contributed by atoms with Crippen molar-refractivity contribution in [2.24, 2.45) is 0 Å². The maximum Gasteiger partial charge on any atom is 0.271 e. The van der Waals surface area contributed by atoms with Crippen molar-refractivity contribution in [1.29, 1.82) is 0 Å². The largest absolute Gasteiger partial charge is 0.321 e. The van der Waals surface area contributed by atoms with Crippen LogP contribution in [0.5, 0.6) is 0 Å². The SMILES string of the molecule is O=C(Nc1ccc([N+](=O)[O-])cc1Cl)c1cc(Cl)ccc1Cl. The summed E-state index contributed by atoms with van der Waals surface area (Å²) in [5, 5.41) is 13.8. The summed E-state index contributed by atoms with van der Waals surface area (Å²) in [4.78, 5) is 22.2. The van der Waals surface area contributed by atoms with Gasteiger partial charge in [0.25, 0.3) is 11.6 Å². The first-order valence-electron chi connectivity index (χ1n) is 5.59. The second-order valence-corrected chi connectivity index (χ2v) is 5.25. The van der Waals surface area contributed by atoms with E-state index in [0.717, 1.165) is 6.07 Å². The Morgan fingerprint density at radius 3 is 2.38 bits per heavy atom. The molecule has 8 heteroatoms. The van der Waals surface area contributed by atoms with Crippen LogP contribution in [0.3, 0.4) is 0 Å². The van der Waals surface area contributed by atoms with Gasteiger partial charge in [0.2, 0.25) is 0 Å². The molecule has 0 fully saturated rings. The number of carbonyl (C=O) groups is 1. The standard InChI is InChI=1S/C13H7Cl3N2O3/c14-7-1-3-10(15)9(5-7)13(19)17-12-4-2-8(18(20)21)6-11(12)16/h1-6H,(H,17,19). The highest BCUT2D eigenvalue weighted by molar-refractivity contribution is 6.37. The van der Waals surface area contributed by atoms with Crippen molar-refractivity contribution in [3.8, 4) is 0 Å². The normalized spacial score (nSPS) is 10.2. The van der Waals surface area contributed by atoms with Crippen molar-refractivity contribution in [3.05, 3.63) is 67.1 Å². The van der Waals surface area contributed by atoms with Crippen LogP contribution < -0.4 is 5.32 Å². The lowest BCUT2D eigenvalue weighted by Crippen LogP contribution is -2.12. The average Bonchev–Trinajstić information content (AvgIpc) is 2.43. The summed E-state index contributed by atoms with van der Waals surface area (Å²) in [6.07, 6.45) is 0. The van der Waals surface area contributed by atoms with E-state index < -0.39 is 10.8 Å². The van der Waals surface area contributed by atoms with Crippen molar-refractivity contribution >= 4 is 52.1 Å². The van der Waals surface area contributed by atoms with Gasteiger partial charge in [0.15, 0.2) is 0 Å². The molecule has 108 valence electrons. The number of carbonyl (C=O) groups excluding carboxylic acids is 1. The molecule has 0 heterocycles. The lowest BCUT2D eigenvalue weighted by Gasteiger charge is -2.08. The molecule has 2 aromatic carbocycles. The summed E-state index contributed by atoms with van der Waals surface area (Å²) in [5.74, 6) is -0.516. The molecular weight excluding hydrogens is 339 g/mol. The number of halogens is 3. The van der Waals surface area contributed by atoms with Crippen LogP contribution in [0.4, 0.5) is 11.4 Å². The number of nitrogens with zero attached hydrogens (tertiary/aromatic N) is 1. The summed E-state index contributed by atoms with van der Waals surface area (Å²) in [6.45, 7) is 0. The molecule has 0 saturated carbocycles. The average molecular weight is 346 g/mol. The smallest absolute Gasteiger partial charge is 0.271 e. The minimum atomic E-state index is -0.578. The first kappa shape index (κ1) is 15.6. The van der Waals surface area contributed by atoms with Gasteiger partial charge in [-0.05, 0) is 24.3 Å². The molecule has 0 aliphatic rings. The summed E-state index contributed by atoms with van der Waals surface area (Å²) in [7, 11) is 0. The van der Waals surface area contributed by atoms with E-state index in [1.165, 1.54) is 24.3 Å². The van der Waals surface area contributed by atoms with E-state index in [2.05, 4.69) is 5.32 Å². The van der Waals surface area contributed by atoms with E-state index in [9.17, 15) is 14.9 Å². The Bertz CT molecular complexity index is 735. The molecule has 0 saturated heterocycles. The van der Waals surface area contributed by atoms with E-state index in [4.69, 9.17) is 34.8 Å². The van der Waals surface area contributed by atoms with E-state index in [1.807, 2.05) is 0 Å². The molecule has 0 aliphatic carbocycles. The van der Waals surface area contributed by atoms with Gasteiger partial charge in [0.05, 0.1) is 26.2 Å². The molecule has 0 spiro atoms. The lowest BCUT2D eigenvalue weighted by atomic mass is 10.2. The Hall–Kier alpha value is -1.82. The fourth-order valence-corrected chi connectivity index (χ4v) is 2.18. The van der Waals surface area contributed by atoms with Gasteiger partial charge in [0, 0.05) is 17.2 Å². The monoisotopic (exact) mass is 344 g/mol. The number of nitro benzene ring substituents is 1. The van der Waals surface area contributed by atoms with Crippen LogP contribution in [-0.2, 0) is 0 Å². The first-order valence-corrected chi connectivity index (χ1v) is 6.72. The predicted molar refractivity (Wildman–Crippen MR) is 82.5 cm³/mol. The van der Waals surface area contributed by atoms with Gasteiger partial charge >= 0.3 is 0 Å². The van der Waals surface area contributed by atoms with Crippen molar-refractivity contribution in [2.75, 3.05) is 5.32 Å². The summed E-state index contributed by atoms with van der Waals surface area (Å²) >= 11 is 17.6. The molecule has 21 heavy (non-hydrogen) atoms. The minimum Gasteiger partial charge on any atom is -0.321 e. The number of amides is 1. The predicted octanol–water partition coefficient (Wildman–Crippen LogP) is 4.81. The van der Waals surface area contributed by atoms with Gasteiger partial charge in [-0.1, -0.05) is 34.8 Å². The Morgan fingerprint density at radius 2 is 1.76 bits per heavy atom. The fraction of sp³-hybridized carbons (Fsp3) is 0. The molecule has 0 bridgehead atoms. The third-order valence-electron chi connectivity index (χ3n) is 2.58. The molecule has 0 radical (unpaired) electrons. The third kappa shape index (κ3) is 3.64. The van der Waals surface area contributed by atoms with Gasteiger partial charge in [-0.15, -0.1) is 0 Å². The van der Waals surface area contributed by atoms with Gasteiger partial charge in [-0.25, -0.2) is 0 Å². The maximum absolute atomic E-state index is 12.1. The number of hydrogen-bond acceptors (Lipinski definition) is 3. The summed E-state index contributed by atoms with van der Waals surface area (Å²) in [6, 6.07) is 8.20. The Balaban J connectivity index is 2.27. The number of non-ortho nitro benzene ring substituents is 1. The van der Waals surface area contributed by atoms with Gasteiger partial charge in [-0.2, -0.15) is 0 Å². The van der Waals surface area contributed by atoms with E-state index in [1.54, 1.807) is 6.07 Å². The molecule has 0 aliphatic heterocycles. The highest BCUT2D eigenvalue weighted by atomic mass is 35.5. The van der Waals surface area contributed by atoms with Crippen LogP contribution in [0.1, 0.15) is 10.4 Å². The van der Waals surface area contributed by atoms with Crippen LogP contribution in [0.2, 0.25) is 15.1 Å². The number of nitrogens with one attached hydrogen (secondary N) is 1. The van der Waals surface area contributed by atoms with Gasteiger partial charge in [0.1, 0.15) is 0 Å². The number of anilines is 1. The number of rotatable bonds is 3. The quantitative estimate of drug-likeness (QED) is 0.641. The highest BCUT2D eigenvalue weighted by Gasteiger charge is 2.15. The Morgan fingerprint density at radius 1 is 1.05 bits per heavy atom. The molecule has 5 nitrogen and oxygen atoms in total. The minimum absolute atomic E-state index is 0.0516. The molecule has 0 unspecified atom stereocenters. The van der Waals surface area contributed by atoms with Crippen molar-refractivity contribution in [2.45, 2.75) is 0 Å². The molecule has 0 aromatic heterocycles. The van der Waals surface area contributed by atoms with Crippen LogP contribution >= 0.6 is 34.8 Å². The van der Waals surface area contributed by atoms with Crippen LogP contribution in [0.15, 0.2) is 36.4 Å². The number of hydrogen-bond donors (Lipinski definition) is 1. The van der Waals surface area contributed by atoms with E-state index in [-0.39, 0.29) is 27.0 Å². The lowest BCUT2D eigenvalue weighted by molar-refractivity contribution is -0.384. The van der Waals surface area contributed by atoms with E-state index in [0.29, 0.717) is 5.02 Å². The third-order valence-corrected chi connectivity index (χ3v) is 3.46. The Labute approximate surface area is 134 Å². The summed E-state index contributed by atoms with van der Waals surface area (Å²) < 4.78 is 0. The Kier molecular flexibility index (Phi) is 4.67. The zero-order chi connectivity index (χ0) is 15.6. The maximum atomic E-state index is 12.1. The fourth-order valence-electron chi connectivity index (χ4n) is 1.58. The van der Waals surface area contributed by atoms with Crippen LogP contribution in [0.25, 0.3) is 0 Å². The number of benzene rings is 2.